The summed E-state index contributed by atoms with van der Waals surface area (Å²) < 4.78 is 2.01. The highest BCUT2D eigenvalue weighted by Crippen LogP contribution is 2.23. The summed E-state index contributed by atoms with van der Waals surface area (Å²) in [4.78, 5) is 5.36. The third-order valence-electron chi connectivity index (χ3n) is 5.46. The fourth-order valence-electron chi connectivity index (χ4n) is 4.09. The van der Waals surface area contributed by atoms with Gasteiger partial charge in [0.15, 0.2) is 0 Å². The zero-order chi connectivity index (χ0) is 16.1. The second kappa shape index (κ2) is 8.11. The van der Waals surface area contributed by atoms with Crippen LogP contribution in [0, 0.1) is 6.92 Å². The number of rotatable bonds is 7. The molecule has 4 heteroatoms. The molecule has 2 fully saturated rings. The van der Waals surface area contributed by atoms with Crippen LogP contribution in [0.3, 0.4) is 0 Å². The zero-order valence-corrected chi connectivity index (χ0v) is 14.7. The molecule has 0 amide bonds. The molecule has 0 radical (unpaired) electrons. The molecule has 1 atom stereocenters. The summed E-state index contributed by atoms with van der Waals surface area (Å²) in [6.45, 7) is 13.0. The van der Waals surface area contributed by atoms with Gasteiger partial charge in [0.2, 0.25) is 0 Å². The van der Waals surface area contributed by atoms with Crippen molar-refractivity contribution in [3.05, 3.63) is 30.1 Å². The van der Waals surface area contributed by atoms with Gasteiger partial charge in [-0.3, -0.25) is 9.58 Å². The monoisotopic (exact) mass is 316 g/mol. The van der Waals surface area contributed by atoms with Crippen molar-refractivity contribution in [2.75, 3.05) is 26.2 Å². The maximum Gasteiger partial charge on any atom is 0.0638 e. The zero-order valence-electron chi connectivity index (χ0n) is 14.7. The van der Waals surface area contributed by atoms with Gasteiger partial charge in [-0.1, -0.05) is 12.5 Å². The van der Waals surface area contributed by atoms with Crippen molar-refractivity contribution in [2.45, 2.75) is 64.6 Å². The second-order valence-electron chi connectivity index (χ2n) is 7.21. The number of hydrogen-bond acceptors (Lipinski definition) is 3. The van der Waals surface area contributed by atoms with Crippen molar-refractivity contribution in [3.63, 3.8) is 0 Å². The molecule has 2 saturated heterocycles. The molecule has 0 aromatic carbocycles. The molecule has 1 unspecified atom stereocenters. The maximum atomic E-state index is 4.61. The number of hydrogen-bond donors (Lipinski definition) is 0. The van der Waals surface area contributed by atoms with Crippen LogP contribution in [-0.4, -0.2) is 51.8 Å². The smallest absolute Gasteiger partial charge is 0.0638 e. The topological polar surface area (TPSA) is 24.3 Å². The summed E-state index contributed by atoms with van der Waals surface area (Å²) in [5, 5.41) is 4.61. The van der Waals surface area contributed by atoms with Crippen molar-refractivity contribution >= 4 is 0 Å². The minimum atomic E-state index is 0.756. The molecule has 0 bridgehead atoms. The van der Waals surface area contributed by atoms with Gasteiger partial charge < -0.3 is 4.90 Å². The third kappa shape index (κ3) is 4.45. The minimum Gasteiger partial charge on any atom is -0.303 e. The Morgan fingerprint density at radius 3 is 2.78 bits per heavy atom. The van der Waals surface area contributed by atoms with Crippen LogP contribution in [0.2, 0.25) is 0 Å². The van der Waals surface area contributed by atoms with Crippen LogP contribution >= 0.6 is 0 Å². The summed E-state index contributed by atoms with van der Waals surface area (Å²) in [5.74, 6) is 0. The van der Waals surface area contributed by atoms with E-state index < -0.39 is 0 Å². The lowest BCUT2D eigenvalue weighted by Gasteiger charge is -2.36. The van der Waals surface area contributed by atoms with Crippen LogP contribution in [0.15, 0.2) is 18.9 Å². The molecule has 3 heterocycles. The van der Waals surface area contributed by atoms with E-state index >= 15 is 0 Å². The SMILES string of the molecule is C=CCn1cc(CN2CCCCC2CCN2CCCC2)c(C)n1. The quantitative estimate of drug-likeness (QED) is 0.722. The van der Waals surface area contributed by atoms with Crippen LogP contribution in [0.4, 0.5) is 0 Å². The number of aryl methyl sites for hydroxylation is 1. The highest BCUT2D eigenvalue weighted by atomic mass is 15.3. The van der Waals surface area contributed by atoms with Gasteiger partial charge in [-0.15, -0.1) is 6.58 Å². The third-order valence-corrected chi connectivity index (χ3v) is 5.46. The van der Waals surface area contributed by atoms with Gasteiger partial charge in [-0.2, -0.15) is 5.10 Å². The Kier molecular flexibility index (Phi) is 5.90. The van der Waals surface area contributed by atoms with Crippen LogP contribution in [0.1, 0.15) is 49.8 Å². The van der Waals surface area contributed by atoms with E-state index in [9.17, 15) is 0 Å². The Morgan fingerprint density at radius 2 is 2.00 bits per heavy atom. The molecule has 1 aromatic rings. The van der Waals surface area contributed by atoms with Crippen LogP contribution in [-0.2, 0) is 13.1 Å². The number of nitrogens with zero attached hydrogens (tertiary/aromatic N) is 4. The van der Waals surface area contributed by atoms with Gasteiger partial charge in [0.25, 0.3) is 0 Å². The average molecular weight is 316 g/mol. The van der Waals surface area contributed by atoms with Crippen LogP contribution in [0.5, 0.6) is 0 Å². The molecule has 2 aliphatic heterocycles. The Bertz CT molecular complexity index is 501. The Labute approximate surface area is 141 Å². The van der Waals surface area contributed by atoms with E-state index in [4.69, 9.17) is 0 Å². The molecular weight excluding hydrogens is 284 g/mol. The van der Waals surface area contributed by atoms with E-state index in [2.05, 4.69) is 34.6 Å². The van der Waals surface area contributed by atoms with Gasteiger partial charge in [-0.05, 0) is 65.2 Å². The van der Waals surface area contributed by atoms with Crippen molar-refractivity contribution in [2.24, 2.45) is 0 Å². The fraction of sp³-hybridized carbons (Fsp3) is 0.737. The van der Waals surface area contributed by atoms with E-state index in [1.165, 1.54) is 76.0 Å². The van der Waals surface area contributed by atoms with E-state index in [0.717, 1.165) is 19.1 Å². The summed E-state index contributed by atoms with van der Waals surface area (Å²) in [6, 6.07) is 0.756. The summed E-state index contributed by atoms with van der Waals surface area (Å²) in [6.07, 6.45) is 12.4. The predicted octanol–water partition coefficient (Wildman–Crippen LogP) is 3.22. The van der Waals surface area contributed by atoms with Gasteiger partial charge in [0.05, 0.1) is 12.2 Å². The lowest BCUT2D eigenvalue weighted by molar-refractivity contribution is 0.121. The molecule has 1 aromatic heterocycles. The first-order valence-electron chi connectivity index (χ1n) is 9.36. The molecule has 0 saturated carbocycles. The Hall–Kier alpha value is -1.13. The lowest BCUT2D eigenvalue weighted by Crippen LogP contribution is -2.41. The lowest BCUT2D eigenvalue weighted by atomic mass is 9.98. The number of allylic oxidation sites excluding steroid dienone is 1. The molecule has 4 nitrogen and oxygen atoms in total. The molecule has 128 valence electrons. The molecule has 2 aliphatic rings. The molecule has 0 aliphatic carbocycles. The number of piperidine rings is 1. The largest absolute Gasteiger partial charge is 0.303 e. The van der Waals surface area contributed by atoms with Gasteiger partial charge in [0.1, 0.15) is 0 Å². The van der Waals surface area contributed by atoms with Crippen molar-refractivity contribution < 1.29 is 0 Å². The Balaban J connectivity index is 1.58. The molecule has 23 heavy (non-hydrogen) atoms. The summed E-state index contributed by atoms with van der Waals surface area (Å²) in [7, 11) is 0. The van der Waals surface area contributed by atoms with Gasteiger partial charge in [-0.25, -0.2) is 0 Å². The first-order valence-corrected chi connectivity index (χ1v) is 9.36. The standard InChI is InChI=1S/C19H32N4/c1-3-10-23-16-18(17(2)20-23)15-22-13-5-4-8-19(22)9-14-21-11-6-7-12-21/h3,16,19H,1,4-15H2,2H3. The van der Waals surface area contributed by atoms with Crippen molar-refractivity contribution in [3.8, 4) is 0 Å². The van der Waals surface area contributed by atoms with E-state index in [-0.39, 0.29) is 0 Å². The normalized spacial score (nSPS) is 23.4. The minimum absolute atomic E-state index is 0.756. The van der Waals surface area contributed by atoms with Gasteiger partial charge >= 0.3 is 0 Å². The molecule has 0 N–H and O–H groups in total. The fourth-order valence-corrected chi connectivity index (χ4v) is 4.09. The van der Waals surface area contributed by atoms with E-state index in [1.807, 2.05) is 10.8 Å². The number of likely N-dealkylation sites (tertiary alicyclic amines) is 2. The van der Waals surface area contributed by atoms with E-state index in [1.54, 1.807) is 0 Å². The maximum absolute atomic E-state index is 4.61. The van der Waals surface area contributed by atoms with Crippen LogP contribution < -0.4 is 0 Å². The first-order chi connectivity index (χ1) is 11.3. The molecule has 0 spiro atoms. The first kappa shape index (κ1) is 16.7. The molecular formula is C19H32N4. The highest BCUT2D eigenvalue weighted by Gasteiger charge is 2.24. The van der Waals surface area contributed by atoms with Gasteiger partial charge in [0, 0.05) is 24.3 Å². The average Bonchev–Trinajstić information content (AvgIpc) is 3.17. The summed E-state index contributed by atoms with van der Waals surface area (Å²) in [5.41, 5.74) is 2.57. The van der Waals surface area contributed by atoms with Crippen molar-refractivity contribution in [1.29, 1.82) is 0 Å². The molecule has 3 rings (SSSR count). The summed E-state index contributed by atoms with van der Waals surface area (Å²) >= 11 is 0. The van der Waals surface area contributed by atoms with E-state index in [0.29, 0.717) is 0 Å². The Morgan fingerprint density at radius 1 is 1.22 bits per heavy atom. The predicted molar refractivity (Wildman–Crippen MR) is 95.5 cm³/mol. The highest BCUT2D eigenvalue weighted by molar-refractivity contribution is 5.15. The van der Waals surface area contributed by atoms with Crippen molar-refractivity contribution in [1.82, 2.24) is 19.6 Å². The second-order valence-corrected chi connectivity index (χ2v) is 7.21. The van der Waals surface area contributed by atoms with Crippen LogP contribution in [0.25, 0.3) is 0 Å². The number of aromatic nitrogens is 2.